The number of hydrogen-bond acceptors (Lipinski definition) is 6. The molecule has 0 atom stereocenters. The highest BCUT2D eigenvalue weighted by Gasteiger charge is 2.11. The largest absolute Gasteiger partial charge is 0.465 e. The zero-order chi connectivity index (χ0) is 14.3. The first-order chi connectivity index (χ1) is 9.02. The van der Waals surface area contributed by atoms with Crippen molar-refractivity contribution < 1.29 is 18.8 Å². The lowest BCUT2D eigenvalue weighted by atomic mass is 10.1. The number of rotatable bonds is 7. The smallest absolute Gasteiger partial charge is 0.315 e. The number of ether oxygens (including phenoxy) is 1. The number of esters is 1. The van der Waals surface area contributed by atoms with Crippen LogP contribution in [-0.2, 0) is 14.3 Å². The Morgan fingerprint density at radius 3 is 2.79 bits per heavy atom. The molecule has 1 rings (SSSR count). The molecule has 0 radical (unpaired) electrons. The van der Waals surface area contributed by atoms with Gasteiger partial charge < -0.3 is 9.26 Å². The number of nitrogens with zero attached hydrogens (tertiary/aromatic N) is 1. The third-order valence-corrected chi connectivity index (χ3v) is 3.05. The Kier molecular flexibility index (Phi) is 6.41. The quantitative estimate of drug-likeness (QED) is 0.772. The van der Waals surface area contributed by atoms with Crippen LogP contribution in [-0.4, -0.2) is 35.1 Å². The molecule has 0 aromatic carbocycles. The summed E-state index contributed by atoms with van der Waals surface area (Å²) < 4.78 is 9.73. The first-order valence-corrected chi connectivity index (χ1v) is 7.18. The second-order valence-electron chi connectivity index (χ2n) is 4.12. The van der Waals surface area contributed by atoms with E-state index in [1.165, 1.54) is 11.8 Å². The molecule has 0 fully saturated rings. The Balaban J connectivity index is 2.28. The van der Waals surface area contributed by atoms with E-state index in [2.05, 4.69) is 10.5 Å². The average molecular weight is 286 g/mol. The Labute approximate surface area is 116 Å². The number of amides is 1. The van der Waals surface area contributed by atoms with E-state index in [-0.39, 0.29) is 29.3 Å². The average Bonchev–Trinajstić information content (AvgIpc) is 2.78. The van der Waals surface area contributed by atoms with Gasteiger partial charge in [0.1, 0.15) is 0 Å². The maximum atomic E-state index is 11.6. The Bertz CT molecular complexity index is 431. The summed E-state index contributed by atoms with van der Waals surface area (Å²) in [5.41, 5.74) is 0.787. The molecule has 1 aromatic heterocycles. The maximum absolute atomic E-state index is 11.6. The molecule has 0 aliphatic carbocycles. The van der Waals surface area contributed by atoms with E-state index in [4.69, 9.17) is 9.26 Å². The van der Waals surface area contributed by atoms with Gasteiger partial charge in [-0.2, -0.15) is 0 Å². The Morgan fingerprint density at radius 2 is 2.21 bits per heavy atom. The molecular weight excluding hydrogens is 268 g/mol. The van der Waals surface area contributed by atoms with Crippen LogP contribution in [0, 0.1) is 0 Å². The van der Waals surface area contributed by atoms with Gasteiger partial charge in [-0.3, -0.25) is 14.9 Å². The highest BCUT2D eigenvalue weighted by molar-refractivity contribution is 8.00. The molecule has 0 bridgehead atoms. The summed E-state index contributed by atoms with van der Waals surface area (Å²) in [6.07, 6.45) is 0. The lowest BCUT2D eigenvalue weighted by Gasteiger charge is -2.02. The Hall–Kier alpha value is -1.50. The fourth-order valence-corrected chi connectivity index (χ4v) is 1.83. The predicted octanol–water partition coefficient (Wildman–Crippen LogP) is 2.03. The summed E-state index contributed by atoms with van der Waals surface area (Å²) in [4.78, 5) is 22.6. The van der Waals surface area contributed by atoms with Gasteiger partial charge in [0.15, 0.2) is 0 Å². The second-order valence-corrected chi connectivity index (χ2v) is 5.10. The van der Waals surface area contributed by atoms with Crippen molar-refractivity contribution in [1.82, 2.24) is 5.16 Å². The van der Waals surface area contributed by atoms with Crippen molar-refractivity contribution in [2.24, 2.45) is 0 Å². The van der Waals surface area contributed by atoms with Crippen LogP contribution in [0.25, 0.3) is 0 Å². The number of anilines is 1. The standard InChI is InChI=1S/C12H18N2O4S/c1-4-17-12(16)7-19-6-10(15)13-11-5-9(8(2)3)14-18-11/h5,8H,4,6-7H2,1-3H3,(H,13,15). The van der Waals surface area contributed by atoms with Crippen molar-refractivity contribution in [2.75, 3.05) is 23.4 Å². The van der Waals surface area contributed by atoms with Crippen LogP contribution in [0.1, 0.15) is 32.4 Å². The van der Waals surface area contributed by atoms with Gasteiger partial charge in [-0.25, -0.2) is 0 Å². The molecule has 6 nitrogen and oxygen atoms in total. The number of nitrogens with one attached hydrogen (secondary N) is 1. The summed E-state index contributed by atoms with van der Waals surface area (Å²) >= 11 is 1.19. The van der Waals surface area contributed by atoms with E-state index < -0.39 is 0 Å². The van der Waals surface area contributed by atoms with E-state index in [1.807, 2.05) is 13.8 Å². The van der Waals surface area contributed by atoms with Crippen molar-refractivity contribution in [1.29, 1.82) is 0 Å². The molecule has 1 amide bonds. The van der Waals surface area contributed by atoms with Crippen LogP contribution in [0.15, 0.2) is 10.6 Å². The van der Waals surface area contributed by atoms with Crippen LogP contribution in [0.4, 0.5) is 5.88 Å². The fourth-order valence-electron chi connectivity index (χ4n) is 1.22. The van der Waals surface area contributed by atoms with E-state index >= 15 is 0 Å². The number of carbonyl (C=O) groups excluding carboxylic acids is 2. The highest BCUT2D eigenvalue weighted by atomic mass is 32.2. The van der Waals surface area contributed by atoms with E-state index in [0.717, 1.165) is 5.69 Å². The molecule has 0 unspecified atom stereocenters. The van der Waals surface area contributed by atoms with Crippen molar-refractivity contribution in [3.8, 4) is 0 Å². The van der Waals surface area contributed by atoms with Gasteiger partial charge in [0.2, 0.25) is 11.8 Å². The molecule has 1 heterocycles. The Morgan fingerprint density at radius 1 is 1.47 bits per heavy atom. The molecule has 19 heavy (non-hydrogen) atoms. The second kappa shape index (κ2) is 7.83. The third-order valence-electron chi connectivity index (χ3n) is 2.14. The van der Waals surface area contributed by atoms with Crippen LogP contribution in [0.2, 0.25) is 0 Å². The van der Waals surface area contributed by atoms with Gasteiger partial charge in [0.25, 0.3) is 0 Å². The van der Waals surface area contributed by atoms with Gasteiger partial charge in [0, 0.05) is 6.07 Å². The normalized spacial score (nSPS) is 10.5. The van der Waals surface area contributed by atoms with Gasteiger partial charge in [-0.05, 0) is 12.8 Å². The highest BCUT2D eigenvalue weighted by Crippen LogP contribution is 2.17. The molecule has 0 saturated heterocycles. The molecular formula is C12H18N2O4S. The molecule has 1 N–H and O–H groups in total. The predicted molar refractivity (Wildman–Crippen MR) is 73.2 cm³/mol. The minimum atomic E-state index is -0.318. The van der Waals surface area contributed by atoms with Crippen LogP contribution < -0.4 is 5.32 Å². The molecule has 0 saturated carbocycles. The van der Waals surface area contributed by atoms with E-state index in [0.29, 0.717) is 12.5 Å². The summed E-state index contributed by atoms with van der Waals surface area (Å²) in [6.45, 7) is 6.06. The topological polar surface area (TPSA) is 81.4 Å². The third kappa shape index (κ3) is 5.78. The van der Waals surface area contributed by atoms with Gasteiger partial charge in [0.05, 0.1) is 23.8 Å². The van der Waals surface area contributed by atoms with Crippen LogP contribution >= 0.6 is 11.8 Å². The van der Waals surface area contributed by atoms with Gasteiger partial charge in [-0.15, -0.1) is 11.8 Å². The summed E-state index contributed by atoms with van der Waals surface area (Å²) in [5.74, 6) is 0.340. The number of hydrogen-bond donors (Lipinski definition) is 1. The minimum Gasteiger partial charge on any atom is -0.465 e. The molecule has 0 spiro atoms. The van der Waals surface area contributed by atoms with E-state index in [9.17, 15) is 9.59 Å². The minimum absolute atomic E-state index is 0.162. The van der Waals surface area contributed by atoms with Crippen LogP contribution in [0.3, 0.4) is 0 Å². The van der Waals surface area contributed by atoms with Gasteiger partial charge >= 0.3 is 5.97 Å². The summed E-state index contributed by atoms with van der Waals surface area (Å²) in [7, 11) is 0. The van der Waals surface area contributed by atoms with Crippen molar-refractivity contribution in [3.63, 3.8) is 0 Å². The zero-order valence-electron chi connectivity index (χ0n) is 11.3. The van der Waals surface area contributed by atoms with Crippen molar-refractivity contribution in [3.05, 3.63) is 11.8 Å². The molecule has 0 aliphatic heterocycles. The van der Waals surface area contributed by atoms with Crippen molar-refractivity contribution in [2.45, 2.75) is 26.7 Å². The monoisotopic (exact) mass is 286 g/mol. The van der Waals surface area contributed by atoms with Crippen LogP contribution in [0.5, 0.6) is 0 Å². The lowest BCUT2D eigenvalue weighted by molar-refractivity contribution is -0.139. The van der Waals surface area contributed by atoms with E-state index in [1.54, 1.807) is 13.0 Å². The summed E-state index contributed by atoms with van der Waals surface area (Å²) in [5, 5.41) is 6.41. The molecule has 0 aliphatic rings. The van der Waals surface area contributed by atoms with Gasteiger partial charge in [-0.1, -0.05) is 19.0 Å². The number of thioether (sulfide) groups is 1. The lowest BCUT2D eigenvalue weighted by Crippen LogP contribution is -2.15. The summed E-state index contributed by atoms with van der Waals surface area (Å²) in [6, 6.07) is 1.69. The first kappa shape index (κ1) is 15.6. The number of carbonyl (C=O) groups is 2. The fraction of sp³-hybridized carbons (Fsp3) is 0.583. The first-order valence-electron chi connectivity index (χ1n) is 6.02. The SMILES string of the molecule is CCOC(=O)CSCC(=O)Nc1cc(C(C)C)no1. The zero-order valence-corrected chi connectivity index (χ0v) is 12.1. The molecule has 1 aromatic rings. The molecule has 7 heteroatoms. The van der Waals surface area contributed by atoms with Crippen molar-refractivity contribution >= 4 is 29.5 Å². The molecule has 106 valence electrons. The number of aromatic nitrogens is 1. The maximum Gasteiger partial charge on any atom is 0.315 e.